The number of aromatic nitrogens is 1. The molecule has 2 aromatic rings. The van der Waals surface area contributed by atoms with E-state index in [2.05, 4.69) is 59.7 Å². The zero-order valence-corrected chi connectivity index (χ0v) is 13.1. The zero-order valence-electron chi connectivity index (χ0n) is 9.12. The molecule has 0 aromatic carbocycles. The Morgan fingerprint density at radius 1 is 1.35 bits per heavy atom. The van der Waals surface area contributed by atoms with E-state index in [1.807, 2.05) is 12.3 Å². The van der Waals surface area contributed by atoms with Crippen molar-refractivity contribution < 1.29 is 0 Å². The van der Waals surface area contributed by atoms with Crippen LogP contribution in [0.3, 0.4) is 0 Å². The van der Waals surface area contributed by atoms with Crippen LogP contribution in [-0.4, -0.2) is 11.5 Å². The summed E-state index contributed by atoms with van der Waals surface area (Å²) in [5.74, 6) is 0. The third-order valence-electron chi connectivity index (χ3n) is 2.30. The van der Waals surface area contributed by atoms with Crippen LogP contribution in [-0.2, 0) is 13.0 Å². The Balaban J connectivity index is 1.78. The van der Waals surface area contributed by atoms with Gasteiger partial charge in [0.05, 0.1) is 5.69 Å². The minimum absolute atomic E-state index is 0.791. The van der Waals surface area contributed by atoms with Crippen LogP contribution in [0.25, 0.3) is 0 Å². The third-order valence-corrected chi connectivity index (χ3v) is 4.36. The monoisotopic (exact) mass is 374 g/mol. The average molecular weight is 376 g/mol. The van der Waals surface area contributed by atoms with E-state index < -0.39 is 0 Å². The number of halogens is 2. The Kier molecular flexibility index (Phi) is 5.16. The summed E-state index contributed by atoms with van der Waals surface area (Å²) in [4.78, 5) is 5.78. The molecule has 90 valence electrons. The van der Waals surface area contributed by atoms with Crippen molar-refractivity contribution in [2.24, 2.45) is 0 Å². The summed E-state index contributed by atoms with van der Waals surface area (Å²) in [6, 6.07) is 6.27. The Bertz CT molecular complexity index is 471. The summed E-state index contributed by atoms with van der Waals surface area (Å²) in [5, 5.41) is 5.51. The molecular weight excluding hydrogens is 364 g/mol. The first kappa shape index (κ1) is 13.2. The van der Waals surface area contributed by atoms with E-state index >= 15 is 0 Å². The Morgan fingerprint density at radius 3 is 2.94 bits per heavy atom. The zero-order chi connectivity index (χ0) is 12.1. The fraction of sp³-hybridized carbons (Fsp3) is 0.250. The molecule has 0 fully saturated rings. The third kappa shape index (κ3) is 4.17. The second kappa shape index (κ2) is 6.64. The van der Waals surface area contributed by atoms with Crippen LogP contribution in [0.15, 0.2) is 38.7 Å². The van der Waals surface area contributed by atoms with E-state index in [9.17, 15) is 0 Å². The van der Waals surface area contributed by atoms with Crippen LogP contribution >= 0.6 is 43.2 Å². The lowest BCUT2D eigenvalue weighted by Crippen LogP contribution is -2.17. The highest BCUT2D eigenvalue weighted by Crippen LogP contribution is 2.19. The highest BCUT2D eigenvalue weighted by Gasteiger charge is 2.01. The quantitative estimate of drug-likeness (QED) is 0.799. The van der Waals surface area contributed by atoms with Gasteiger partial charge in [0.15, 0.2) is 0 Å². The smallest absolute Gasteiger partial charge is 0.0684 e. The molecule has 0 atom stereocenters. The van der Waals surface area contributed by atoms with Gasteiger partial charge in [0.1, 0.15) is 0 Å². The SMILES string of the molecule is Brc1cnc(CNCCc2cccs2)c(Br)c1. The number of nitrogens with zero attached hydrogens (tertiary/aromatic N) is 1. The minimum atomic E-state index is 0.791. The maximum absolute atomic E-state index is 4.36. The molecule has 2 nitrogen and oxygen atoms in total. The van der Waals surface area contributed by atoms with E-state index in [4.69, 9.17) is 0 Å². The second-order valence-corrected chi connectivity index (χ2v) is 6.39. The van der Waals surface area contributed by atoms with Gasteiger partial charge in [0, 0.05) is 33.1 Å². The molecule has 0 aliphatic heterocycles. The highest BCUT2D eigenvalue weighted by atomic mass is 79.9. The molecule has 0 unspecified atom stereocenters. The normalized spacial score (nSPS) is 10.7. The van der Waals surface area contributed by atoms with Crippen molar-refractivity contribution in [2.45, 2.75) is 13.0 Å². The first-order chi connectivity index (χ1) is 8.25. The number of pyridine rings is 1. The average Bonchev–Trinajstić information content (AvgIpc) is 2.79. The maximum atomic E-state index is 4.36. The molecule has 5 heteroatoms. The lowest BCUT2D eigenvalue weighted by atomic mass is 10.3. The van der Waals surface area contributed by atoms with Crippen molar-refractivity contribution >= 4 is 43.2 Å². The van der Waals surface area contributed by atoms with Crippen molar-refractivity contribution in [3.63, 3.8) is 0 Å². The van der Waals surface area contributed by atoms with Crippen LogP contribution < -0.4 is 5.32 Å². The molecule has 0 spiro atoms. The van der Waals surface area contributed by atoms with Crippen molar-refractivity contribution in [3.05, 3.63) is 49.3 Å². The minimum Gasteiger partial charge on any atom is -0.311 e. The van der Waals surface area contributed by atoms with Crippen LogP contribution in [0.2, 0.25) is 0 Å². The molecule has 0 radical (unpaired) electrons. The molecule has 0 amide bonds. The fourth-order valence-corrected chi connectivity index (χ4v) is 3.28. The van der Waals surface area contributed by atoms with Gasteiger partial charge in [-0.15, -0.1) is 11.3 Å². The van der Waals surface area contributed by atoms with Gasteiger partial charge in [-0.3, -0.25) is 4.98 Å². The Hall–Kier alpha value is -0.230. The van der Waals surface area contributed by atoms with Crippen molar-refractivity contribution in [1.29, 1.82) is 0 Å². The predicted molar refractivity (Wildman–Crippen MR) is 79.4 cm³/mol. The van der Waals surface area contributed by atoms with Gasteiger partial charge < -0.3 is 5.32 Å². The van der Waals surface area contributed by atoms with Gasteiger partial charge in [-0.05, 0) is 55.8 Å². The van der Waals surface area contributed by atoms with Crippen LogP contribution in [0.5, 0.6) is 0 Å². The van der Waals surface area contributed by atoms with E-state index in [-0.39, 0.29) is 0 Å². The van der Waals surface area contributed by atoms with Crippen molar-refractivity contribution in [1.82, 2.24) is 10.3 Å². The molecule has 2 heterocycles. The summed E-state index contributed by atoms with van der Waals surface area (Å²) < 4.78 is 2.03. The summed E-state index contributed by atoms with van der Waals surface area (Å²) in [7, 11) is 0. The molecule has 0 saturated heterocycles. The standard InChI is InChI=1S/C12H12Br2N2S/c13-9-6-11(14)12(16-7-9)8-15-4-3-10-2-1-5-17-10/h1-2,5-7,15H,3-4,8H2. The number of hydrogen-bond donors (Lipinski definition) is 1. The van der Waals surface area contributed by atoms with Crippen LogP contribution in [0, 0.1) is 0 Å². The van der Waals surface area contributed by atoms with Gasteiger partial charge in [-0.25, -0.2) is 0 Å². The van der Waals surface area contributed by atoms with E-state index in [0.717, 1.165) is 34.1 Å². The molecule has 0 aliphatic carbocycles. The van der Waals surface area contributed by atoms with Gasteiger partial charge >= 0.3 is 0 Å². The number of rotatable bonds is 5. The first-order valence-electron chi connectivity index (χ1n) is 5.29. The summed E-state index contributed by atoms with van der Waals surface area (Å²) in [6.45, 7) is 1.77. The lowest BCUT2D eigenvalue weighted by Gasteiger charge is -2.05. The van der Waals surface area contributed by atoms with E-state index in [1.54, 1.807) is 11.3 Å². The number of nitrogens with one attached hydrogen (secondary N) is 1. The molecule has 2 aromatic heterocycles. The molecule has 0 saturated carbocycles. The topological polar surface area (TPSA) is 24.9 Å². The summed E-state index contributed by atoms with van der Waals surface area (Å²) in [6.07, 6.45) is 2.90. The number of hydrogen-bond acceptors (Lipinski definition) is 3. The summed E-state index contributed by atoms with van der Waals surface area (Å²) >= 11 is 8.70. The molecule has 2 rings (SSSR count). The molecule has 0 bridgehead atoms. The van der Waals surface area contributed by atoms with E-state index in [0.29, 0.717) is 0 Å². The largest absolute Gasteiger partial charge is 0.311 e. The van der Waals surface area contributed by atoms with Gasteiger partial charge in [-0.2, -0.15) is 0 Å². The van der Waals surface area contributed by atoms with Gasteiger partial charge in [0.25, 0.3) is 0 Å². The molecule has 1 N–H and O–H groups in total. The summed E-state index contributed by atoms with van der Waals surface area (Å²) in [5.41, 5.74) is 1.04. The highest BCUT2D eigenvalue weighted by molar-refractivity contribution is 9.11. The van der Waals surface area contributed by atoms with Crippen molar-refractivity contribution in [3.8, 4) is 0 Å². The second-order valence-electron chi connectivity index (χ2n) is 3.59. The Morgan fingerprint density at radius 2 is 2.24 bits per heavy atom. The Labute approximate surface area is 122 Å². The van der Waals surface area contributed by atoms with Gasteiger partial charge in [0.2, 0.25) is 0 Å². The lowest BCUT2D eigenvalue weighted by molar-refractivity contribution is 0.675. The first-order valence-corrected chi connectivity index (χ1v) is 7.75. The van der Waals surface area contributed by atoms with Gasteiger partial charge in [-0.1, -0.05) is 6.07 Å². The number of thiophene rings is 1. The van der Waals surface area contributed by atoms with E-state index in [1.165, 1.54) is 4.88 Å². The van der Waals surface area contributed by atoms with Crippen LogP contribution in [0.1, 0.15) is 10.6 Å². The van der Waals surface area contributed by atoms with Crippen molar-refractivity contribution in [2.75, 3.05) is 6.54 Å². The predicted octanol–water partition coefficient (Wildman–Crippen LogP) is 4.00. The van der Waals surface area contributed by atoms with Crippen LogP contribution in [0.4, 0.5) is 0 Å². The maximum Gasteiger partial charge on any atom is 0.0684 e. The molecule has 0 aliphatic rings. The molecular formula is C12H12Br2N2S. The fourth-order valence-electron chi connectivity index (χ4n) is 1.45. The molecule has 17 heavy (non-hydrogen) atoms.